The zero-order valence-corrected chi connectivity index (χ0v) is 19.5. The van der Waals surface area contributed by atoms with Gasteiger partial charge in [0.25, 0.3) is 0 Å². The van der Waals surface area contributed by atoms with Gasteiger partial charge >= 0.3 is 0 Å². The molecule has 1 fully saturated rings. The van der Waals surface area contributed by atoms with Gasteiger partial charge in [-0.2, -0.15) is 0 Å². The third-order valence-corrected chi connectivity index (χ3v) is 4.46. The fourth-order valence-electron chi connectivity index (χ4n) is 2.86. The number of benzene rings is 1. The SMILES string of the molecule is C=C(C)CNC(=NCC(=O)N(C)C)N1CCC(COCc2ccccc2)C1.I. The summed E-state index contributed by atoms with van der Waals surface area (Å²) < 4.78 is 5.90. The maximum absolute atomic E-state index is 11.9. The van der Waals surface area contributed by atoms with Crippen LogP contribution in [0.1, 0.15) is 18.9 Å². The molecule has 0 radical (unpaired) electrons. The van der Waals surface area contributed by atoms with E-state index < -0.39 is 0 Å². The van der Waals surface area contributed by atoms with E-state index in [-0.39, 0.29) is 36.4 Å². The Hall–Kier alpha value is -1.61. The molecule has 0 aromatic heterocycles. The predicted octanol–water partition coefficient (Wildman–Crippen LogP) is 2.75. The van der Waals surface area contributed by atoms with Crippen molar-refractivity contribution >= 4 is 35.8 Å². The van der Waals surface area contributed by atoms with Gasteiger partial charge in [-0.05, 0) is 18.9 Å². The molecule has 1 heterocycles. The zero-order valence-electron chi connectivity index (χ0n) is 17.2. The highest BCUT2D eigenvalue weighted by Crippen LogP contribution is 2.17. The summed E-state index contributed by atoms with van der Waals surface area (Å²) in [7, 11) is 3.49. The Morgan fingerprint density at radius 2 is 2.07 bits per heavy atom. The van der Waals surface area contributed by atoms with E-state index in [2.05, 4.69) is 33.9 Å². The number of hydrogen-bond donors (Lipinski definition) is 1. The molecule has 156 valence electrons. The second kappa shape index (κ2) is 12.8. The Kier molecular flexibility index (Phi) is 11.1. The molecule has 1 aliphatic rings. The molecule has 1 atom stereocenters. The van der Waals surface area contributed by atoms with Crippen LogP contribution in [0.25, 0.3) is 0 Å². The molecule has 7 heteroatoms. The Balaban J connectivity index is 0.00000392. The summed E-state index contributed by atoms with van der Waals surface area (Å²) in [6.07, 6.45) is 1.06. The summed E-state index contributed by atoms with van der Waals surface area (Å²) in [6, 6.07) is 10.2. The summed E-state index contributed by atoms with van der Waals surface area (Å²) in [5, 5.41) is 3.32. The lowest BCUT2D eigenvalue weighted by Crippen LogP contribution is -2.41. The van der Waals surface area contributed by atoms with Crippen molar-refractivity contribution in [2.45, 2.75) is 20.0 Å². The van der Waals surface area contributed by atoms with E-state index in [0.29, 0.717) is 19.1 Å². The first-order chi connectivity index (χ1) is 13.0. The Morgan fingerprint density at radius 3 is 2.71 bits per heavy atom. The van der Waals surface area contributed by atoms with E-state index in [1.807, 2.05) is 25.1 Å². The molecule has 1 saturated heterocycles. The number of aliphatic imine (C=N–C) groups is 1. The summed E-state index contributed by atoms with van der Waals surface area (Å²) in [4.78, 5) is 20.2. The minimum absolute atomic E-state index is 0. The van der Waals surface area contributed by atoms with Crippen molar-refractivity contribution < 1.29 is 9.53 Å². The van der Waals surface area contributed by atoms with Gasteiger partial charge in [-0.1, -0.05) is 42.5 Å². The monoisotopic (exact) mass is 500 g/mol. The van der Waals surface area contributed by atoms with Gasteiger partial charge in [0, 0.05) is 39.6 Å². The molecule has 0 saturated carbocycles. The normalized spacial score (nSPS) is 16.5. The lowest BCUT2D eigenvalue weighted by molar-refractivity contribution is -0.127. The number of halogens is 1. The number of ether oxygens (including phenoxy) is 1. The van der Waals surface area contributed by atoms with E-state index in [1.165, 1.54) is 5.56 Å². The van der Waals surface area contributed by atoms with Crippen LogP contribution in [-0.2, 0) is 16.1 Å². The summed E-state index contributed by atoms with van der Waals surface area (Å²) in [5.74, 6) is 1.24. The maximum atomic E-state index is 11.9. The van der Waals surface area contributed by atoms with Crippen molar-refractivity contribution in [3.05, 3.63) is 48.0 Å². The molecule has 0 aliphatic carbocycles. The van der Waals surface area contributed by atoms with E-state index in [1.54, 1.807) is 19.0 Å². The van der Waals surface area contributed by atoms with Gasteiger partial charge in [-0.3, -0.25) is 4.79 Å². The topological polar surface area (TPSA) is 57.2 Å². The van der Waals surface area contributed by atoms with Gasteiger partial charge in [0.1, 0.15) is 6.54 Å². The molecule has 1 aromatic carbocycles. The fourth-order valence-corrected chi connectivity index (χ4v) is 2.86. The van der Waals surface area contributed by atoms with Crippen molar-refractivity contribution in [1.29, 1.82) is 0 Å². The fraction of sp³-hybridized carbons (Fsp3) is 0.524. The number of likely N-dealkylation sites (N-methyl/N-ethyl adjacent to an activating group) is 1. The van der Waals surface area contributed by atoms with E-state index in [0.717, 1.165) is 37.6 Å². The summed E-state index contributed by atoms with van der Waals surface area (Å²) in [5.41, 5.74) is 2.23. The number of rotatable bonds is 8. The number of hydrogen-bond acceptors (Lipinski definition) is 3. The minimum atomic E-state index is -0.00781. The maximum Gasteiger partial charge on any atom is 0.243 e. The van der Waals surface area contributed by atoms with Crippen LogP contribution in [0.5, 0.6) is 0 Å². The van der Waals surface area contributed by atoms with Gasteiger partial charge in [-0.25, -0.2) is 4.99 Å². The molecule has 2 rings (SSSR count). The minimum Gasteiger partial charge on any atom is -0.376 e. The van der Waals surface area contributed by atoms with Crippen molar-refractivity contribution in [2.75, 3.05) is 46.9 Å². The van der Waals surface area contributed by atoms with Gasteiger partial charge in [0.05, 0.1) is 13.2 Å². The van der Waals surface area contributed by atoms with Crippen LogP contribution < -0.4 is 5.32 Å². The first kappa shape index (κ1) is 24.4. The number of carbonyl (C=O) groups excluding carboxylic acids is 1. The van der Waals surface area contributed by atoms with Gasteiger partial charge < -0.3 is 19.9 Å². The first-order valence-corrected chi connectivity index (χ1v) is 9.45. The van der Waals surface area contributed by atoms with Crippen LogP contribution in [0.2, 0.25) is 0 Å². The van der Waals surface area contributed by atoms with E-state index in [9.17, 15) is 4.79 Å². The van der Waals surface area contributed by atoms with Crippen LogP contribution in [-0.4, -0.2) is 68.5 Å². The predicted molar refractivity (Wildman–Crippen MR) is 125 cm³/mol. The number of carbonyl (C=O) groups is 1. The zero-order chi connectivity index (χ0) is 19.6. The highest BCUT2D eigenvalue weighted by atomic mass is 127. The number of nitrogens with zero attached hydrogens (tertiary/aromatic N) is 3. The van der Waals surface area contributed by atoms with E-state index >= 15 is 0 Å². The molecule has 6 nitrogen and oxygen atoms in total. The number of guanidine groups is 1. The molecule has 1 unspecified atom stereocenters. The molecule has 0 spiro atoms. The van der Waals surface area contributed by atoms with Crippen LogP contribution in [0.3, 0.4) is 0 Å². The Morgan fingerprint density at radius 1 is 1.36 bits per heavy atom. The third-order valence-electron chi connectivity index (χ3n) is 4.46. The van der Waals surface area contributed by atoms with E-state index in [4.69, 9.17) is 4.74 Å². The standard InChI is InChI=1S/C21H32N4O2.HI/c1-17(2)12-22-21(23-13-20(26)24(3)4)25-11-10-19(14-25)16-27-15-18-8-6-5-7-9-18;/h5-9,19H,1,10-16H2,2-4H3,(H,22,23);1H. The highest BCUT2D eigenvalue weighted by Gasteiger charge is 2.25. The lowest BCUT2D eigenvalue weighted by Gasteiger charge is -2.22. The number of nitrogens with one attached hydrogen (secondary N) is 1. The molecule has 1 aliphatic heterocycles. The largest absolute Gasteiger partial charge is 0.376 e. The second-order valence-corrected chi connectivity index (χ2v) is 7.34. The van der Waals surface area contributed by atoms with Gasteiger partial charge in [0.15, 0.2) is 5.96 Å². The molecular formula is C21H33IN4O2. The van der Waals surface area contributed by atoms with Crippen molar-refractivity contribution in [1.82, 2.24) is 15.1 Å². The lowest BCUT2D eigenvalue weighted by atomic mass is 10.1. The third kappa shape index (κ3) is 8.60. The average Bonchev–Trinajstić information content (AvgIpc) is 3.10. The summed E-state index contributed by atoms with van der Waals surface area (Å²) >= 11 is 0. The Labute approximate surface area is 186 Å². The van der Waals surface area contributed by atoms with Crippen molar-refractivity contribution in [3.63, 3.8) is 0 Å². The first-order valence-electron chi connectivity index (χ1n) is 9.45. The second-order valence-electron chi connectivity index (χ2n) is 7.34. The highest BCUT2D eigenvalue weighted by molar-refractivity contribution is 14.0. The number of amides is 1. The van der Waals surface area contributed by atoms with Crippen LogP contribution >= 0.6 is 24.0 Å². The smallest absolute Gasteiger partial charge is 0.243 e. The molecule has 1 N–H and O–H groups in total. The molecule has 1 amide bonds. The average molecular weight is 500 g/mol. The summed E-state index contributed by atoms with van der Waals surface area (Å²) in [6.45, 7) is 9.88. The van der Waals surface area contributed by atoms with Crippen LogP contribution in [0, 0.1) is 5.92 Å². The van der Waals surface area contributed by atoms with Crippen LogP contribution in [0.4, 0.5) is 0 Å². The van der Waals surface area contributed by atoms with Crippen molar-refractivity contribution in [2.24, 2.45) is 10.9 Å². The number of likely N-dealkylation sites (tertiary alicyclic amines) is 1. The molecular weight excluding hydrogens is 467 g/mol. The Bertz CT molecular complexity index is 649. The molecule has 0 bridgehead atoms. The van der Waals surface area contributed by atoms with Crippen LogP contribution in [0.15, 0.2) is 47.5 Å². The van der Waals surface area contributed by atoms with Gasteiger partial charge in [0.2, 0.25) is 5.91 Å². The van der Waals surface area contributed by atoms with Crippen molar-refractivity contribution in [3.8, 4) is 0 Å². The molecule has 28 heavy (non-hydrogen) atoms. The van der Waals surface area contributed by atoms with Gasteiger partial charge in [-0.15, -0.1) is 24.0 Å². The quantitative estimate of drug-likeness (QED) is 0.258. The molecule has 1 aromatic rings.